The number of amides is 2. The first-order valence-corrected chi connectivity index (χ1v) is 11.0. The van der Waals surface area contributed by atoms with Crippen LogP contribution in [0.2, 0.25) is 10.0 Å². The fraction of sp³-hybridized carbons (Fsp3) is 0.200. The third-order valence-corrected chi connectivity index (χ3v) is 6.15. The minimum atomic E-state index is -0.619. The average molecular weight is 480 g/mol. The second kappa shape index (κ2) is 9.25. The van der Waals surface area contributed by atoms with Gasteiger partial charge in [-0.2, -0.15) is 4.98 Å². The summed E-state index contributed by atoms with van der Waals surface area (Å²) in [6, 6.07) is 11.4. The molecule has 0 aliphatic carbocycles. The number of fused-ring (bicyclic) bond motifs is 1. The molecule has 3 aromatic rings. The van der Waals surface area contributed by atoms with Crippen molar-refractivity contribution in [2.45, 2.75) is 23.9 Å². The summed E-state index contributed by atoms with van der Waals surface area (Å²) in [5.74, 6) is -0.966. The topological polar surface area (TPSA) is 88.9 Å². The molecular weight excluding hydrogens is 464 g/mol. The molecule has 0 fully saturated rings. The molecule has 1 aromatic heterocycles. The third-order valence-electron chi connectivity index (χ3n) is 4.60. The highest BCUT2D eigenvalue weighted by Gasteiger charge is 2.30. The van der Waals surface area contributed by atoms with E-state index in [0.29, 0.717) is 27.6 Å². The van der Waals surface area contributed by atoms with Gasteiger partial charge in [0.1, 0.15) is 5.82 Å². The number of carbonyl (C=O) groups excluding carboxylic acids is 2. The molecular formula is C20H16Cl2FN5O2S. The Labute approximate surface area is 191 Å². The van der Waals surface area contributed by atoms with Gasteiger partial charge in [0.25, 0.3) is 0 Å². The summed E-state index contributed by atoms with van der Waals surface area (Å²) in [4.78, 5) is 29.1. The number of aromatic nitrogens is 3. The highest BCUT2D eigenvalue weighted by molar-refractivity contribution is 7.98. The van der Waals surface area contributed by atoms with Gasteiger partial charge in [-0.3, -0.25) is 14.9 Å². The number of thioether (sulfide) groups is 1. The van der Waals surface area contributed by atoms with Crippen LogP contribution in [0.15, 0.2) is 47.6 Å². The molecule has 2 aromatic carbocycles. The molecule has 0 spiro atoms. The van der Waals surface area contributed by atoms with Gasteiger partial charge in [0.2, 0.25) is 22.9 Å². The van der Waals surface area contributed by atoms with Crippen LogP contribution in [-0.2, 0) is 21.9 Å². The van der Waals surface area contributed by atoms with Gasteiger partial charge in [-0.25, -0.2) is 9.07 Å². The first-order valence-electron chi connectivity index (χ1n) is 9.26. The minimum Gasteiger partial charge on any atom is -0.326 e. The van der Waals surface area contributed by atoms with Crippen LogP contribution in [0.1, 0.15) is 12.0 Å². The van der Waals surface area contributed by atoms with E-state index in [4.69, 9.17) is 23.2 Å². The quantitative estimate of drug-likeness (QED) is 0.503. The van der Waals surface area contributed by atoms with Gasteiger partial charge >= 0.3 is 0 Å². The zero-order valence-corrected chi connectivity index (χ0v) is 18.3. The molecule has 2 amide bonds. The van der Waals surface area contributed by atoms with Crippen LogP contribution in [0.4, 0.5) is 16.0 Å². The summed E-state index contributed by atoms with van der Waals surface area (Å²) in [6.07, 6.45) is -0.0672. The summed E-state index contributed by atoms with van der Waals surface area (Å²) < 4.78 is 14.8. The Balaban J connectivity index is 1.37. The lowest BCUT2D eigenvalue weighted by molar-refractivity contribution is -0.126. The molecule has 0 saturated heterocycles. The predicted molar refractivity (Wildman–Crippen MR) is 118 cm³/mol. The van der Waals surface area contributed by atoms with Gasteiger partial charge in [-0.1, -0.05) is 53.2 Å². The van der Waals surface area contributed by atoms with E-state index in [1.54, 1.807) is 4.68 Å². The van der Waals surface area contributed by atoms with Gasteiger partial charge in [0.05, 0.1) is 17.5 Å². The molecule has 0 bridgehead atoms. The van der Waals surface area contributed by atoms with E-state index < -0.39 is 11.7 Å². The third kappa shape index (κ3) is 5.17. The van der Waals surface area contributed by atoms with Gasteiger partial charge in [0.15, 0.2) is 0 Å². The molecule has 1 unspecified atom stereocenters. The summed E-state index contributed by atoms with van der Waals surface area (Å²) in [6.45, 7) is 0.221. The number of nitrogens with zero attached hydrogens (tertiary/aromatic N) is 3. The van der Waals surface area contributed by atoms with Crippen LogP contribution >= 0.6 is 35.0 Å². The van der Waals surface area contributed by atoms with E-state index in [9.17, 15) is 14.0 Å². The maximum atomic E-state index is 13.3. The number of hydrogen-bond donors (Lipinski definition) is 2. The van der Waals surface area contributed by atoms with Crippen molar-refractivity contribution in [3.8, 4) is 0 Å². The molecule has 1 aliphatic rings. The molecule has 160 valence electrons. The van der Waals surface area contributed by atoms with Crippen LogP contribution < -0.4 is 10.6 Å². The number of carbonyl (C=O) groups is 2. The van der Waals surface area contributed by atoms with Crippen molar-refractivity contribution in [1.82, 2.24) is 14.8 Å². The number of halogens is 3. The second-order valence-corrected chi connectivity index (χ2v) is 8.60. The monoisotopic (exact) mass is 479 g/mol. The van der Waals surface area contributed by atoms with Crippen molar-refractivity contribution in [3.05, 3.63) is 63.9 Å². The number of hydrogen-bond acceptors (Lipinski definition) is 5. The Hall–Kier alpha value is -2.62. The SMILES string of the molecule is O=C(CC1Cn2nc(SCc3ccccc3Cl)nc2NC1=O)Nc1ccc(F)c(Cl)c1. The summed E-state index contributed by atoms with van der Waals surface area (Å²) in [5, 5.41) is 10.8. The first-order chi connectivity index (χ1) is 14.9. The van der Waals surface area contributed by atoms with Crippen LogP contribution in [-0.4, -0.2) is 26.6 Å². The lowest BCUT2D eigenvalue weighted by Gasteiger charge is -2.21. The summed E-state index contributed by atoms with van der Waals surface area (Å²) in [5.41, 5.74) is 1.31. The van der Waals surface area contributed by atoms with E-state index in [1.807, 2.05) is 24.3 Å². The molecule has 11 heteroatoms. The Kier molecular flexibility index (Phi) is 6.45. The molecule has 7 nitrogen and oxygen atoms in total. The highest BCUT2D eigenvalue weighted by atomic mass is 35.5. The van der Waals surface area contributed by atoms with E-state index in [0.717, 1.165) is 11.6 Å². The highest BCUT2D eigenvalue weighted by Crippen LogP contribution is 2.28. The van der Waals surface area contributed by atoms with E-state index in [1.165, 1.54) is 23.9 Å². The number of anilines is 2. The van der Waals surface area contributed by atoms with Gasteiger partial charge in [-0.15, -0.1) is 5.10 Å². The lowest BCUT2D eigenvalue weighted by atomic mass is 10.0. The molecule has 0 saturated carbocycles. The Morgan fingerprint density at radius 1 is 1.26 bits per heavy atom. The molecule has 2 N–H and O–H groups in total. The van der Waals surface area contributed by atoms with Crippen molar-refractivity contribution in [1.29, 1.82) is 0 Å². The zero-order valence-electron chi connectivity index (χ0n) is 15.9. The molecule has 1 atom stereocenters. The Morgan fingerprint density at radius 2 is 2.06 bits per heavy atom. The van der Waals surface area contributed by atoms with E-state index >= 15 is 0 Å². The number of rotatable bonds is 6. The van der Waals surface area contributed by atoms with Gasteiger partial charge < -0.3 is 5.32 Å². The van der Waals surface area contributed by atoms with Crippen molar-refractivity contribution in [3.63, 3.8) is 0 Å². The normalized spacial score (nSPS) is 15.3. The number of benzene rings is 2. The van der Waals surface area contributed by atoms with Crippen molar-refractivity contribution < 1.29 is 14.0 Å². The van der Waals surface area contributed by atoms with Crippen LogP contribution in [0.25, 0.3) is 0 Å². The molecule has 0 radical (unpaired) electrons. The first kappa shape index (κ1) is 21.6. The van der Waals surface area contributed by atoms with Crippen LogP contribution in [0.3, 0.4) is 0 Å². The Bertz CT molecular complexity index is 1160. The van der Waals surface area contributed by atoms with Crippen molar-refractivity contribution in [2.75, 3.05) is 10.6 Å². The Morgan fingerprint density at radius 3 is 2.84 bits per heavy atom. The largest absolute Gasteiger partial charge is 0.326 e. The van der Waals surface area contributed by atoms with E-state index in [2.05, 4.69) is 20.7 Å². The smallest absolute Gasteiger partial charge is 0.232 e. The summed E-state index contributed by atoms with van der Waals surface area (Å²) in [7, 11) is 0. The number of nitrogens with one attached hydrogen (secondary N) is 2. The van der Waals surface area contributed by atoms with Crippen LogP contribution in [0, 0.1) is 11.7 Å². The summed E-state index contributed by atoms with van der Waals surface area (Å²) >= 11 is 13.3. The van der Waals surface area contributed by atoms with E-state index in [-0.39, 0.29) is 29.8 Å². The second-order valence-electron chi connectivity index (χ2n) is 6.85. The predicted octanol–water partition coefficient (Wildman–Crippen LogP) is 4.61. The molecule has 2 heterocycles. The maximum absolute atomic E-state index is 13.3. The molecule has 1 aliphatic heterocycles. The fourth-order valence-corrected chi connectivity index (χ4v) is 4.34. The van der Waals surface area contributed by atoms with Crippen molar-refractivity contribution >= 4 is 58.4 Å². The van der Waals surface area contributed by atoms with Crippen molar-refractivity contribution in [2.24, 2.45) is 5.92 Å². The van der Waals surface area contributed by atoms with Gasteiger partial charge in [0, 0.05) is 22.9 Å². The minimum absolute atomic E-state index is 0.0672. The average Bonchev–Trinajstić information content (AvgIpc) is 3.12. The molecule has 4 rings (SSSR count). The van der Waals surface area contributed by atoms with Gasteiger partial charge in [-0.05, 0) is 29.8 Å². The zero-order chi connectivity index (χ0) is 22.0. The van der Waals surface area contributed by atoms with Crippen LogP contribution in [0.5, 0.6) is 0 Å². The fourth-order valence-electron chi connectivity index (χ4n) is 3.03. The maximum Gasteiger partial charge on any atom is 0.232 e. The lowest BCUT2D eigenvalue weighted by Crippen LogP contribution is -2.36. The molecule has 31 heavy (non-hydrogen) atoms. The standard InChI is InChI=1S/C20H16Cl2FN5O2S/c21-14-4-2-1-3-11(14)10-31-20-26-19-25-18(30)12(9-28(19)27-20)7-17(29)24-13-5-6-16(23)15(22)8-13/h1-6,8,12H,7,9-10H2,(H,24,29)(H,25,26,27,30).